The van der Waals surface area contributed by atoms with Crippen LogP contribution in [0.4, 0.5) is 5.82 Å². The fraction of sp³-hybridized carbons (Fsp3) is 0.214. The lowest BCUT2D eigenvalue weighted by atomic mass is 10.1. The average Bonchev–Trinajstić information content (AvgIpc) is 2.49. The van der Waals surface area contributed by atoms with Crippen LogP contribution >= 0.6 is 0 Å². The molecular weight excluding hydrogens is 258 g/mol. The molecule has 0 bridgehead atoms. The smallest absolute Gasteiger partial charge is 0.262 e. The largest absolute Gasteiger partial charge is 0.507 e. The van der Waals surface area contributed by atoms with E-state index in [0.717, 1.165) is 5.69 Å². The van der Waals surface area contributed by atoms with Crippen LogP contribution in [0.2, 0.25) is 0 Å². The number of carbonyl (C=O) groups excluding carboxylic acids is 1. The van der Waals surface area contributed by atoms with Gasteiger partial charge in [0.2, 0.25) is 0 Å². The van der Waals surface area contributed by atoms with Crippen LogP contribution in [-0.4, -0.2) is 27.6 Å². The zero-order valence-corrected chi connectivity index (χ0v) is 10.7. The van der Waals surface area contributed by atoms with Gasteiger partial charge in [-0.3, -0.25) is 9.78 Å². The van der Waals surface area contributed by atoms with E-state index in [1.165, 1.54) is 6.20 Å². The number of hydrogen-bond acceptors (Lipinski definition) is 5. The standard InChI is InChI=1S/C14H13N3O3/c18-13-9(7-16-11-4-6-20-8-10(11)13)14(19)17-12-3-1-2-5-15-12/h1-3,5,7H,4,6,8H2,(H,16,18)(H,15,17,19). The molecular formula is C14H13N3O3. The van der Waals surface area contributed by atoms with Crippen molar-refractivity contribution in [3.63, 3.8) is 0 Å². The number of carbonyl (C=O) groups is 1. The lowest BCUT2D eigenvalue weighted by Gasteiger charge is -2.18. The van der Waals surface area contributed by atoms with E-state index >= 15 is 0 Å². The number of aromatic hydroxyl groups is 1. The van der Waals surface area contributed by atoms with Gasteiger partial charge in [-0.25, -0.2) is 4.98 Å². The van der Waals surface area contributed by atoms with Gasteiger partial charge in [-0.1, -0.05) is 6.07 Å². The lowest BCUT2D eigenvalue weighted by molar-refractivity contribution is 0.101. The number of hydrogen-bond donors (Lipinski definition) is 2. The molecule has 3 rings (SSSR count). The van der Waals surface area contributed by atoms with Crippen LogP contribution in [0.15, 0.2) is 30.6 Å². The average molecular weight is 271 g/mol. The van der Waals surface area contributed by atoms with E-state index in [1.54, 1.807) is 24.4 Å². The van der Waals surface area contributed by atoms with Gasteiger partial charge in [0, 0.05) is 24.4 Å². The summed E-state index contributed by atoms with van der Waals surface area (Å²) in [7, 11) is 0. The third-order valence-electron chi connectivity index (χ3n) is 3.12. The van der Waals surface area contributed by atoms with Crippen molar-refractivity contribution in [2.24, 2.45) is 0 Å². The zero-order valence-electron chi connectivity index (χ0n) is 10.7. The van der Waals surface area contributed by atoms with E-state index in [-0.39, 0.29) is 17.9 Å². The summed E-state index contributed by atoms with van der Waals surface area (Å²) in [5.41, 5.74) is 1.49. The van der Waals surface area contributed by atoms with Crippen LogP contribution in [-0.2, 0) is 17.8 Å². The molecule has 0 radical (unpaired) electrons. The molecule has 1 aliphatic heterocycles. The van der Waals surface area contributed by atoms with Crippen molar-refractivity contribution in [1.82, 2.24) is 9.97 Å². The van der Waals surface area contributed by atoms with Crippen molar-refractivity contribution < 1.29 is 14.6 Å². The maximum Gasteiger partial charge on any atom is 0.262 e. The number of amides is 1. The Labute approximate surface area is 115 Å². The summed E-state index contributed by atoms with van der Waals surface area (Å²) in [5.74, 6) is -0.0870. The van der Waals surface area contributed by atoms with Gasteiger partial charge in [0.1, 0.15) is 17.1 Å². The Morgan fingerprint density at radius 3 is 3.05 bits per heavy atom. The molecule has 0 atom stereocenters. The van der Waals surface area contributed by atoms with Crippen LogP contribution in [0, 0.1) is 0 Å². The number of aromatic nitrogens is 2. The van der Waals surface area contributed by atoms with Gasteiger partial charge >= 0.3 is 0 Å². The maximum atomic E-state index is 12.1. The van der Waals surface area contributed by atoms with Crippen LogP contribution < -0.4 is 5.32 Å². The lowest BCUT2D eigenvalue weighted by Crippen LogP contribution is -2.17. The molecule has 102 valence electrons. The number of fused-ring (bicyclic) bond motifs is 1. The Morgan fingerprint density at radius 2 is 2.25 bits per heavy atom. The monoisotopic (exact) mass is 271 g/mol. The van der Waals surface area contributed by atoms with Crippen LogP contribution in [0.5, 0.6) is 5.75 Å². The number of nitrogens with zero attached hydrogens (tertiary/aromatic N) is 2. The van der Waals surface area contributed by atoms with Crippen LogP contribution in [0.1, 0.15) is 21.6 Å². The topological polar surface area (TPSA) is 84.3 Å². The van der Waals surface area contributed by atoms with E-state index in [1.807, 2.05) is 0 Å². The Kier molecular flexibility index (Phi) is 3.30. The van der Waals surface area contributed by atoms with Crippen molar-refractivity contribution in [3.8, 4) is 5.75 Å². The second-order valence-electron chi connectivity index (χ2n) is 4.42. The highest BCUT2D eigenvalue weighted by atomic mass is 16.5. The van der Waals surface area contributed by atoms with Crippen LogP contribution in [0.3, 0.4) is 0 Å². The molecule has 2 aromatic heterocycles. The first-order valence-corrected chi connectivity index (χ1v) is 6.25. The summed E-state index contributed by atoms with van der Waals surface area (Å²) in [6, 6.07) is 5.19. The van der Waals surface area contributed by atoms with Crippen molar-refractivity contribution in [3.05, 3.63) is 47.4 Å². The predicted molar refractivity (Wildman–Crippen MR) is 71.5 cm³/mol. The van der Waals surface area contributed by atoms with E-state index in [4.69, 9.17) is 4.74 Å². The zero-order chi connectivity index (χ0) is 13.9. The molecule has 20 heavy (non-hydrogen) atoms. The Hall–Kier alpha value is -2.47. The van der Waals surface area contributed by atoms with Gasteiger partial charge in [-0.15, -0.1) is 0 Å². The minimum Gasteiger partial charge on any atom is -0.507 e. The molecule has 2 N–H and O–H groups in total. The fourth-order valence-electron chi connectivity index (χ4n) is 2.08. The third-order valence-corrected chi connectivity index (χ3v) is 3.12. The second-order valence-corrected chi connectivity index (χ2v) is 4.42. The molecule has 0 unspecified atom stereocenters. The van der Waals surface area contributed by atoms with Gasteiger partial charge in [-0.2, -0.15) is 0 Å². The summed E-state index contributed by atoms with van der Waals surface area (Å²) in [6.45, 7) is 0.859. The van der Waals surface area contributed by atoms with Gasteiger partial charge in [0.05, 0.1) is 18.9 Å². The van der Waals surface area contributed by atoms with E-state index in [9.17, 15) is 9.90 Å². The third kappa shape index (κ3) is 2.33. The van der Waals surface area contributed by atoms with Gasteiger partial charge in [0.25, 0.3) is 5.91 Å². The van der Waals surface area contributed by atoms with E-state index in [0.29, 0.717) is 24.4 Å². The molecule has 2 aromatic rings. The molecule has 3 heterocycles. The molecule has 0 fully saturated rings. The summed E-state index contributed by atoms with van der Waals surface area (Å²) < 4.78 is 5.29. The quantitative estimate of drug-likeness (QED) is 0.864. The summed E-state index contributed by atoms with van der Waals surface area (Å²) >= 11 is 0. The molecule has 0 spiro atoms. The van der Waals surface area contributed by atoms with Crippen LogP contribution in [0.25, 0.3) is 0 Å². The first kappa shape index (κ1) is 12.6. The van der Waals surface area contributed by atoms with Gasteiger partial charge in [-0.05, 0) is 12.1 Å². The molecule has 0 aliphatic carbocycles. The predicted octanol–water partition coefficient (Wildman–Crippen LogP) is 1.51. The van der Waals surface area contributed by atoms with Crippen molar-refractivity contribution in [2.75, 3.05) is 11.9 Å². The minimum atomic E-state index is -0.443. The fourth-order valence-corrected chi connectivity index (χ4v) is 2.08. The van der Waals surface area contributed by atoms with Crippen molar-refractivity contribution >= 4 is 11.7 Å². The van der Waals surface area contributed by atoms with E-state index < -0.39 is 5.91 Å². The number of rotatable bonds is 2. The highest BCUT2D eigenvalue weighted by molar-refractivity contribution is 6.05. The van der Waals surface area contributed by atoms with Gasteiger partial charge < -0.3 is 15.2 Å². The summed E-state index contributed by atoms with van der Waals surface area (Å²) in [5, 5.41) is 12.8. The van der Waals surface area contributed by atoms with Crippen molar-refractivity contribution in [1.29, 1.82) is 0 Å². The Balaban J connectivity index is 1.89. The Morgan fingerprint density at radius 1 is 1.35 bits per heavy atom. The normalized spacial score (nSPS) is 13.6. The molecule has 0 saturated carbocycles. The summed E-state index contributed by atoms with van der Waals surface area (Å²) in [6.07, 6.45) is 3.61. The number of pyridine rings is 2. The van der Waals surface area contributed by atoms with Crippen molar-refractivity contribution in [2.45, 2.75) is 13.0 Å². The van der Waals surface area contributed by atoms with E-state index in [2.05, 4.69) is 15.3 Å². The second kappa shape index (κ2) is 5.26. The minimum absolute atomic E-state index is 0.0665. The molecule has 6 heteroatoms. The molecule has 1 amide bonds. The molecule has 1 aliphatic rings. The number of anilines is 1. The molecule has 0 saturated heterocycles. The first-order valence-electron chi connectivity index (χ1n) is 6.25. The maximum absolute atomic E-state index is 12.1. The number of ether oxygens (including phenoxy) is 1. The number of nitrogens with one attached hydrogen (secondary N) is 1. The summed E-state index contributed by atoms with van der Waals surface area (Å²) in [4.78, 5) is 20.4. The van der Waals surface area contributed by atoms with Gasteiger partial charge in [0.15, 0.2) is 0 Å². The molecule has 6 nitrogen and oxygen atoms in total. The first-order chi connectivity index (χ1) is 9.75. The Bertz CT molecular complexity index is 644. The SMILES string of the molecule is O=C(Nc1ccccn1)c1cnc2c(c1O)COCC2. The highest BCUT2D eigenvalue weighted by Gasteiger charge is 2.21. The highest BCUT2D eigenvalue weighted by Crippen LogP contribution is 2.28. The molecule has 0 aromatic carbocycles.